The Bertz CT molecular complexity index is 1030. The van der Waals surface area contributed by atoms with Gasteiger partial charge in [0, 0.05) is 4.88 Å². The van der Waals surface area contributed by atoms with Crippen LogP contribution in [0.3, 0.4) is 0 Å². The van der Waals surface area contributed by atoms with Gasteiger partial charge in [-0.05, 0) is 67.3 Å². The lowest BCUT2D eigenvalue weighted by Gasteiger charge is -2.12. The molecule has 3 rings (SSSR count). The normalized spacial score (nSPS) is 15.3. The first-order valence-electron chi connectivity index (χ1n) is 9.54. The fourth-order valence-electron chi connectivity index (χ4n) is 3.47. The van der Waals surface area contributed by atoms with Crippen LogP contribution in [0.2, 0.25) is 0 Å². The van der Waals surface area contributed by atoms with Gasteiger partial charge >= 0.3 is 5.97 Å². The van der Waals surface area contributed by atoms with Crippen molar-refractivity contribution in [2.24, 2.45) is 5.73 Å². The van der Waals surface area contributed by atoms with Crippen LogP contribution in [-0.4, -0.2) is 17.0 Å². The summed E-state index contributed by atoms with van der Waals surface area (Å²) in [6, 6.07) is 9.57. The third-order valence-electron chi connectivity index (χ3n) is 5.38. The molecule has 29 heavy (non-hydrogen) atoms. The molecule has 0 radical (unpaired) electrons. The Morgan fingerprint density at radius 1 is 1.10 bits per heavy atom. The van der Waals surface area contributed by atoms with Gasteiger partial charge in [-0.3, -0.25) is 9.59 Å². The topological polar surface area (TPSA) is 80.4 Å². The summed E-state index contributed by atoms with van der Waals surface area (Å²) in [6.45, 7) is 6.02. The lowest BCUT2D eigenvalue weighted by Crippen LogP contribution is -2.19. The number of benzene rings is 1. The molecular weight excluding hydrogens is 382 g/mol. The van der Waals surface area contributed by atoms with E-state index in [-0.39, 0.29) is 0 Å². The van der Waals surface area contributed by atoms with Crippen molar-refractivity contribution in [2.75, 3.05) is 0 Å². The lowest BCUT2D eigenvalue weighted by molar-refractivity contribution is -0.140. The van der Waals surface area contributed by atoms with Gasteiger partial charge in [-0.25, -0.2) is 0 Å². The molecule has 3 N–H and O–H groups in total. The fourth-order valence-corrected chi connectivity index (χ4v) is 4.43. The number of carboxylic acids is 1. The SMILES string of the molecule is C/C=C(\C=C/C(=C(C)C)c1ccc(C2(C(=O)O)CC2)cc1)c1sccc1C(N)=O. The van der Waals surface area contributed by atoms with E-state index in [1.165, 1.54) is 11.3 Å². The number of amides is 1. The van der Waals surface area contributed by atoms with Gasteiger partial charge in [-0.1, -0.05) is 48.1 Å². The summed E-state index contributed by atoms with van der Waals surface area (Å²) in [6.07, 6.45) is 7.39. The van der Waals surface area contributed by atoms with E-state index in [2.05, 4.69) is 0 Å². The highest BCUT2D eigenvalue weighted by Crippen LogP contribution is 2.48. The molecule has 1 aliphatic rings. The Balaban J connectivity index is 1.89. The van der Waals surface area contributed by atoms with Crippen LogP contribution in [0.4, 0.5) is 0 Å². The number of carbonyl (C=O) groups is 2. The predicted molar refractivity (Wildman–Crippen MR) is 119 cm³/mol. The molecule has 1 saturated carbocycles. The molecule has 0 bridgehead atoms. The smallest absolute Gasteiger partial charge is 0.314 e. The second-order valence-electron chi connectivity index (χ2n) is 7.48. The maximum Gasteiger partial charge on any atom is 0.314 e. The summed E-state index contributed by atoms with van der Waals surface area (Å²) in [5.41, 5.74) is 10.4. The Morgan fingerprint density at radius 2 is 1.76 bits per heavy atom. The molecule has 1 heterocycles. The number of hydrogen-bond donors (Lipinski definition) is 2. The zero-order chi connectivity index (χ0) is 21.2. The molecule has 150 valence electrons. The van der Waals surface area contributed by atoms with Gasteiger partial charge in [0.15, 0.2) is 0 Å². The van der Waals surface area contributed by atoms with Crippen molar-refractivity contribution in [1.82, 2.24) is 0 Å². The van der Waals surface area contributed by atoms with Crippen LogP contribution in [0.5, 0.6) is 0 Å². The maximum absolute atomic E-state index is 11.7. The van der Waals surface area contributed by atoms with E-state index in [4.69, 9.17) is 5.73 Å². The first-order valence-corrected chi connectivity index (χ1v) is 10.4. The number of nitrogens with two attached hydrogens (primary N) is 1. The third-order valence-corrected chi connectivity index (χ3v) is 6.34. The standard InChI is InChI=1S/C24H25NO3S/c1-4-16(21-20(22(25)26)11-14-29-21)7-10-19(15(2)3)17-5-8-18(9-6-17)24(12-13-24)23(27)28/h4-11,14H,12-13H2,1-3H3,(H2,25,26)(H,27,28)/b10-7-,16-4+. The van der Waals surface area contributed by atoms with Crippen molar-refractivity contribution >= 4 is 34.4 Å². The summed E-state index contributed by atoms with van der Waals surface area (Å²) >= 11 is 1.49. The average molecular weight is 408 g/mol. The Kier molecular flexibility index (Phi) is 5.89. The fraction of sp³-hybridized carbons (Fsp3) is 0.250. The molecule has 1 aromatic carbocycles. The van der Waals surface area contributed by atoms with E-state index in [1.54, 1.807) is 6.07 Å². The highest BCUT2D eigenvalue weighted by molar-refractivity contribution is 7.11. The second kappa shape index (κ2) is 8.21. The summed E-state index contributed by atoms with van der Waals surface area (Å²) < 4.78 is 0. The number of rotatable bonds is 7. The molecule has 0 spiro atoms. The number of thiophene rings is 1. The predicted octanol–water partition coefficient (Wildman–Crippen LogP) is 5.42. The number of carboxylic acid groups (broad SMARTS) is 1. The summed E-state index contributed by atoms with van der Waals surface area (Å²) in [4.78, 5) is 24.1. The minimum absolute atomic E-state index is 0.431. The molecule has 0 aliphatic heterocycles. The summed E-state index contributed by atoms with van der Waals surface area (Å²) in [5, 5.41) is 11.4. The van der Waals surface area contributed by atoms with Crippen LogP contribution in [-0.2, 0) is 10.2 Å². The Morgan fingerprint density at radius 3 is 2.24 bits per heavy atom. The van der Waals surface area contributed by atoms with Crippen LogP contribution in [0, 0.1) is 0 Å². The highest BCUT2D eigenvalue weighted by Gasteiger charge is 2.51. The maximum atomic E-state index is 11.7. The largest absolute Gasteiger partial charge is 0.481 e. The van der Waals surface area contributed by atoms with Crippen molar-refractivity contribution < 1.29 is 14.7 Å². The van der Waals surface area contributed by atoms with Crippen molar-refractivity contribution in [1.29, 1.82) is 0 Å². The van der Waals surface area contributed by atoms with Crippen LogP contribution < -0.4 is 5.73 Å². The Labute approximate surface area is 175 Å². The number of allylic oxidation sites excluding steroid dienone is 6. The molecule has 1 fully saturated rings. The van der Waals surface area contributed by atoms with Gasteiger partial charge in [0.05, 0.1) is 11.0 Å². The quantitative estimate of drug-likeness (QED) is 0.602. The van der Waals surface area contributed by atoms with E-state index >= 15 is 0 Å². The second-order valence-corrected chi connectivity index (χ2v) is 8.40. The monoisotopic (exact) mass is 407 g/mol. The van der Waals surface area contributed by atoms with Gasteiger partial charge in [-0.2, -0.15) is 0 Å². The molecule has 2 aromatic rings. The molecule has 5 heteroatoms. The minimum Gasteiger partial charge on any atom is -0.481 e. The highest BCUT2D eigenvalue weighted by atomic mass is 32.1. The Hall–Kier alpha value is -2.92. The van der Waals surface area contributed by atoms with Crippen LogP contribution in [0.1, 0.15) is 60.0 Å². The minimum atomic E-state index is -0.744. The zero-order valence-corrected chi connectivity index (χ0v) is 17.7. The lowest BCUT2D eigenvalue weighted by atomic mass is 9.92. The van der Waals surface area contributed by atoms with E-state index in [0.29, 0.717) is 18.4 Å². The van der Waals surface area contributed by atoms with Gasteiger partial charge in [-0.15, -0.1) is 11.3 Å². The van der Waals surface area contributed by atoms with Crippen molar-refractivity contribution in [2.45, 2.75) is 39.0 Å². The zero-order valence-electron chi connectivity index (χ0n) is 16.9. The van der Waals surface area contributed by atoms with Crippen molar-refractivity contribution in [3.05, 3.63) is 81.1 Å². The van der Waals surface area contributed by atoms with Gasteiger partial charge in [0.2, 0.25) is 5.91 Å². The molecule has 0 saturated heterocycles. The number of primary amides is 1. The molecule has 1 aliphatic carbocycles. The van der Waals surface area contributed by atoms with E-state index in [1.807, 2.05) is 68.6 Å². The first-order chi connectivity index (χ1) is 13.8. The van der Waals surface area contributed by atoms with Crippen LogP contribution in [0.25, 0.3) is 11.1 Å². The van der Waals surface area contributed by atoms with E-state index in [0.717, 1.165) is 32.7 Å². The molecule has 1 amide bonds. The van der Waals surface area contributed by atoms with Gasteiger partial charge < -0.3 is 10.8 Å². The van der Waals surface area contributed by atoms with E-state index in [9.17, 15) is 14.7 Å². The number of carbonyl (C=O) groups excluding carboxylic acids is 1. The van der Waals surface area contributed by atoms with Gasteiger partial charge in [0.25, 0.3) is 0 Å². The van der Waals surface area contributed by atoms with Crippen LogP contribution >= 0.6 is 11.3 Å². The molecule has 0 unspecified atom stereocenters. The van der Waals surface area contributed by atoms with Crippen molar-refractivity contribution in [3.8, 4) is 0 Å². The molecular formula is C24H25NO3S. The third kappa shape index (κ3) is 4.10. The summed E-state index contributed by atoms with van der Waals surface area (Å²) in [7, 11) is 0. The molecule has 1 aromatic heterocycles. The molecule has 4 nitrogen and oxygen atoms in total. The number of hydrogen-bond acceptors (Lipinski definition) is 3. The van der Waals surface area contributed by atoms with Crippen LogP contribution in [0.15, 0.2) is 59.5 Å². The first kappa shape index (κ1) is 20.8. The number of aliphatic carboxylic acids is 1. The average Bonchev–Trinajstić information content (AvgIpc) is 3.36. The van der Waals surface area contributed by atoms with Crippen molar-refractivity contribution in [3.63, 3.8) is 0 Å². The molecule has 0 atom stereocenters. The van der Waals surface area contributed by atoms with E-state index < -0.39 is 17.3 Å². The summed E-state index contributed by atoms with van der Waals surface area (Å²) in [5.74, 6) is -1.18. The van der Waals surface area contributed by atoms with Gasteiger partial charge in [0.1, 0.15) is 0 Å².